The summed E-state index contributed by atoms with van der Waals surface area (Å²) in [6.07, 6.45) is 6.92. The van der Waals surface area contributed by atoms with Crippen LogP contribution in [-0.4, -0.2) is 49.8 Å². The summed E-state index contributed by atoms with van der Waals surface area (Å²) < 4.78 is 5.70. The van der Waals surface area contributed by atoms with Crippen molar-refractivity contribution in [3.05, 3.63) is 0 Å². The third-order valence-electron chi connectivity index (χ3n) is 3.82. The predicted molar refractivity (Wildman–Crippen MR) is 66.7 cm³/mol. The molecular weight excluding hydrogens is 200 g/mol. The van der Waals surface area contributed by atoms with Gasteiger partial charge in [-0.1, -0.05) is 6.92 Å². The normalized spacial score (nSPS) is 30.4. The van der Waals surface area contributed by atoms with Crippen LogP contribution in [0.15, 0.2) is 0 Å². The van der Waals surface area contributed by atoms with E-state index in [4.69, 9.17) is 4.74 Å². The molecule has 0 aromatic rings. The Morgan fingerprint density at radius 3 is 2.88 bits per heavy atom. The number of ether oxygens (including phenoxy) is 1. The minimum absolute atomic E-state index is 0.550. The summed E-state index contributed by atoms with van der Waals surface area (Å²) in [7, 11) is 0. The lowest BCUT2D eigenvalue weighted by atomic mass is 10.1. The smallest absolute Gasteiger partial charge is 0.0588 e. The summed E-state index contributed by atoms with van der Waals surface area (Å²) in [4.78, 5) is 2.67. The number of hydrogen-bond acceptors (Lipinski definition) is 3. The molecule has 16 heavy (non-hydrogen) atoms. The van der Waals surface area contributed by atoms with E-state index >= 15 is 0 Å². The van der Waals surface area contributed by atoms with Crippen LogP contribution in [0.5, 0.6) is 0 Å². The highest BCUT2D eigenvalue weighted by Gasteiger charge is 2.23. The Hall–Kier alpha value is -0.120. The maximum Gasteiger partial charge on any atom is 0.0588 e. The quantitative estimate of drug-likeness (QED) is 0.745. The van der Waals surface area contributed by atoms with E-state index in [0.29, 0.717) is 6.10 Å². The Kier molecular flexibility index (Phi) is 5.07. The molecule has 3 nitrogen and oxygen atoms in total. The fourth-order valence-electron chi connectivity index (χ4n) is 2.90. The average molecular weight is 226 g/mol. The Morgan fingerprint density at radius 1 is 1.31 bits per heavy atom. The van der Waals surface area contributed by atoms with Crippen LogP contribution in [0.2, 0.25) is 0 Å². The van der Waals surface area contributed by atoms with Crippen molar-refractivity contribution in [3.63, 3.8) is 0 Å². The van der Waals surface area contributed by atoms with Gasteiger partial charge in [0, 0.05) is 25.7 Å². The molecular formula is C13H26N2O. The van der Waals surface area contributed by atoms with Crippen LogP contribution in [0.1, 0.15) is 39.0 Å². The molecule has 0 aliphatic carbocycles. The zero-order chi connectivity index (χ0) is 11.2. The first-order valence-corrected chi connectivity index (χ1v) is 6.96. The van der Waals surface area contributed by atoms with Crippen molar-refractivity contribution in [3.8, 4) is 0 Å². The molecule has 0 aromatic carbocycles. The van der Waals surface area contributed by atoms with E-state index in [9.17, 15) is 0 Å². The molecule has 0 bridgehead atoms. The summed E-state index contributed by atoms with van der Waals surface area (Å²) in [5.41, 5.74) is 0. The molecule has 0 amide bonds. The zero-order valence-corrected chi connectivity index (χ0v) is 10.6. The van der Waals surface area contributed by atoms with Gasteiger partial charge >= 0.3 is 0 Å². The molecule has 2 fully saturated rings. The fraction of sp³-hybridized carbons (Fsp3) is 1.00. The highest BCUT2D eigenvalue weighted by molar-refractivity contribution is 4.81. The van der Waals surface area contributed by atoms with Gasteiger partial charge in [0.15, 0.2) is 0 Å². The van der Waals surface area contributed by atoms with Crippen LogP contribution in [0.4, 0.5) is 0 Å². The molecule has 2 aliphatic rings. The van der Waals surface area contributed by atoms with Crippen molar-refractivity contribution < 1.29 is 4.74 Å². The molecule has 94 valence electrons. The van der Waals surface area contributed by atoms with Crippen molar-refractivity contribution >= 4 is 0 Å². The van der Waals surface area contributed by atoms with Crippen molar-refractivity contribution in [1.82, 2.24) is 10.2 Å². The van der Waals surface area contributed by atoms with Crippen LogP contribution < -0.4 is 5.32 Å². The van der Waals surface area contributed by atoms with E-state index in [1.54, 1.807) is 0 Å². The summed E-state index contributed by atoms with van der Waals surface area (Å²) >= 11 is 0. The van der Waals surface area contributed by atoms with Gasteiger partial charge in [0.1, 0.15) is 0 Å². The van der Waals surface area contributed by atoms with Gasteiger partial charge in [-0.3, -0.25) is 4.90 Å². The summed E-state index contributed by atoms with van der Waals surface area (Å²) in [5.74, 6) is 0. The van der Waals surface area contributed by atoms with Gasteiger partial charge in [0.25, 0.3) is 0 Å². The number of nitrogens with zero attached hydrogens (tertiary/aromatic N) is 1. The lowest BCUT2D eigenvalue weighted by Crippen LogP contribution is -2.39. The monoisotopic (exact) mass is 226 g/mol. The molecule has 0 saturated carbocycles. The molecule has 2 saturated heterocycles. The van der Waals surface area contributed by atoms with Crippen molar-refractivity contribution in [2.75, 3.05) is 32.8 Å². The van der Waals surface area contributed by atoms with Gasteiger partial charge in [-0.15, -0.1) is 0 Å². The maximum atomic E-state index is 5.70. The lowest BCUT2D eigenvalue weighted by molar-refractivity contribution is 0.0856. The van der Waals surface area contributed by atoms with Crippen LogP contribution in [0, 0.1) is 0 Å². The van der Waals surface area contributed by atoms with Crippen LogP contribution in [-0.2, 0) is 4.74 Å². The van der Waals surface area contributed by atoms with E-state index in [2.05, 4.69) is 17.1 Å². The van der Waals surface area contributed by atoms with Gasteiger partial charge in [-0.25, -0.2) is 0 Å². The minimum Gasteiger partial charge on any atom is -0.378 e. The second kappa shape index (κ2) is 6.58. The Bertz CT molecular complexity index is 186. The molecule has 0 spiro atoms. The first-order valence-electron chi connectivity index (χ1n) is 6.96. The highest BCUT2D eigenvalue weighted by atomic mass is 16.5. The SMILES string of the molecule is CCCN(CCC1CCCO1)C1CCNC1. The molecule has 0 aromatic heterocycles. The van der Waals surface area contributed by atoms with Gasteiger partial charge in [0.2, 0.25) is 0 Å². The van der Waals surface area contributed by atoms with Crippen LogP contribution in [0.25, 0.3) is 0 Å². The van der Waals surface area contributed by atoms with Gasteiger partial charge in [-0.05, 0) is 45.2 Å². The topological polar surface area (TPSA) is 24.5 Å². The van der Waals surface area contributed by atoms with E-state index in [-0.39, 0.29) is 0 Å². The molecule has 2 unspecified atom stereocenters. The van der Waals surface area contributed by atoms with Gasteiger partial charge in [-0.2, -0.15) is 0 Å². The van der Waals surface area contributed by atoms with Crippen LogP contribution >= 0.6 is 0 Å². The number of rotatable bonds is 6. The largest absolute Gasteiger partial charge is 0.378 e. The van der Waals surface area contributed by atoms with E-state index < -0.39 is 0 Å². The molecule has 0 radical (unpaired) electrons. The first-order chi connectivity index (χ1) is 7.90. The van der Waals surface area contributed by atoms with Crippen molar-refractivity contribution in [2.45, 2.75) is 51.2 Å². The van der Waals surface area contributed by atoms with E-state index in [0.717, 1.165) is 12.6 Å². The Morgan fingerprint density at radius 2 is 2.25 bits per heavy atom. The van der Waals surface area contributed by atoms with E-state index in [1.165, 1.54) is 58.3 Å². The minimum atomic E-state index is 0.550. The highest BCUT2D eigenvalue weighted by Crippen LogP contribution is 2.17. The fourth-order valence-corrected chi connectivity index (χ4v) is 2.90. The molecule has 2 heterocycles. The third-order valence-corrected chi connectivity index (χ3v) is 3.82. The molecule has 2 rings (SSSR count). The lowest BCUT2D eigenvalue weighted by Gasteiger charge is -2.28. The van der Waals surface area contributed by atoms with E-state index in [1.807, 2.05) is 0 Å². The number of hydrogen-bond donors (Lipinski definition) is 1. The van der Waals surface area contributed by atoms with Crippen molar-refractivity contribution in [1.29, 1.82) is 0 Å². The van der Waals surface area contributed by atoms with Crippen molar-refractivity contribution in [2.24, 2.45) is 0 Å². The summed E-state index contributed by atoms with van der Waals surface area (Å²) in [6, 6.07) is 0.779. The molecule has 2 aliphatic heterocycles. The first kappa shape index (κ1) is 12.3. The second-order valence-corrected chi connectivity index (χ2v) is 5.11. The Balaban J connectivity index is 1.72. The molecule has 2 atom stereocenters. The third kappa shape index (κ3) is 3.44. The average Bonchev–Trinajstić information content (AvgIpc) is 2.96. The maximum absolute atomic E-state index is 5.70. The van der Waals surface area contributed by atoms with Gasteiger partial charge in [0.05, 0.1) is 6.10 Å². The Labute approximate surface area is 99.5 Å². The molecule has 1 N–H and O–H groups in total. The zero-order valence-electron chi connectivity index (χ0n) is 10.6. The van der Waals surface area contributed by atoms with Crippen LogP contribution in [0.3, 0.4) is 0 Å². The number of nitrogens with one attached hydrogen (secondary N) is 1. The predicted octanol–water partition coefficient (Wildman–Crippen LogP) is 1.63. The molecule has 3 heteroatoms. The van der Waals surface area contributed by atoms with Gasteiger partial charge < -0.3 is 10.1 Å². The summed E-state index contributed by atoms with van der Waals surface area (Å²) in [5, 5.41) is 3.47. The standard InChI is InChI=1S/C13H26N2O/c1-2-8-15(12-5-7-14-11-12)9-6-13-4-3-10-16-13/h12-14H,2-11H2,1H3. The second-order valence-electron chi connectivity index (χ2n) is 5.11. The summed E-state index contributed by atoms with van der Waals surface area (Å²) in [6.45, 7) is 8.13.